The molecular formula is C13H19N3O3S. The third-order valence-corrected chi connectivity index (χ3v) is 4.42. The molecule has 0 aliphatic carbocycles. The number of aryl methyl sites for hydroxylation is 1. The minimum atomic E-state index is -1.05. The average Bonchev–Trinajstić information content (AvgIpc) is 2.86. The highest BCUT2D eigenvalue weighted by Gasteiger charge is 2.17. The second-order valence-electron chi connectivity index (χ2n) is 4.90. The van der Waals surface area contributed by atoms with Crippen molar-refractivity contribution in [2.45, 2.75) is 31.2 Å². The topological polar surface area (TPSA) is 86.3 Å². The van der Waals surface area contributed by atoms with Crippen LogP contribution in [0.25, 0.3) is 0 Å². The molecule has 1 fully saturated rings. The molecule has 20 heavy (non-hydrogen) atoms. The van der Waals surface area contributed by atoms with E-state index in [1.807, 2.05) is 0 Å². The summed E-state index contributed by atoms with van der Waals surface area (Å²) in [4.78, 5) is 31.2. The first-order valence-electron chi connectivity index (χ1n) is 6.77. The molecule has 1 saturated heterocycles. The van der Waals surface area contributed by atoms with Gasteiger partial charge in [-0.05, 0) is 45.8 Å². The van der Waals surface area contributed by atoms with Crippen molar-refractivity contribution in [2.75, 3.05) is 25.4 Å². The Morgan fingerprint density at radius 1 is 1.45 bits per heavy atom. The lowest BCUT2D eigenvalue weighted by atomic mass is 10.2. The van der Waals surface area contributed by atoms with Gasteiger partial charge in [-0.15, -0.1) is 11.8 Å². The minimum Gasteiger partial charge on any atom is -0.478 e. The van der Waals surface area contributed by atoms with Crippen molar-refractivity contribution in [3.63, 3.8) is 0 Å². The number of aromatic nitrogens is 2. The van der Waals surface area contributed by atoms with Gasteiger partial charge in [0.15, 0.2) is 0 Å². The molecule has 110 valence electrons. The van der Waals surface area contributed by atoms with E-state index in [0.29, 0.717) is 10.7 Å². The molecular weight excluding hydrogens is 278 g/mol. The highest BCUT2D eigenvalue weighted by molar-refractivity contribution is 7.99. The quantitative estimate of drug-likeness (QED) is 0.468. The SMILES string of the molecule is Cc1[nH]c(=O)nc(SCCCN2CCCC2)c1C(=O)O. The molecule has 0 radical (unpaired) electrons. The van der Waals surface area contributed by atoms with Crippen molar-refractivity contribution in [2.24, 2.45) is 0 Å². The fourth-order valence-corrected chi connectivity index (χ4v) is 3.38. The van der Waals surface area contributed by atoms with Crippen LogP contribution in [0.3, 0.4) is 0 Å². The number of hydrogen-bond acceptors (Lipinski definition) is 5. The number of rotatable bonds is 6. The monoisotopic (exact) mass is 297 g/mol. The fraction of sp³-hybridized carbons (Fsp3) is 0.615. The molecule has 1 aromatic rings. The highest BCUT2D eigenvalue weighted by atomic mass is 32.2. The average molecular weight is 297 g/mol. The predicted molar refractivity (Wildman–Crippen MR) is 77.6 cm³/mol. The number of likely N-dealkylation sites (tertiary alicyclic amines) is 1. The van der Waals surface area contributed by atoms with Crippen LogP contribution in [0.15, 0.2) is 9.82 Å². The Morgan fingerprint density at radius 3 is 2.80 bits per heavy atom. The lowest BCUT2D eigenvalue weighted by Crippen LogP contribution is -2.21. The summed E-state index contributed by atoms with van der Waals surface area (Å²) >= 11 is 1.35. The van der Waals surface area contributed by atoms with E-state index in [1.165, 1.54) is 24.6 Å². The number of H-pyrrole nitrogens is 1. The lowest BCUT2D eigenvalue weighted by molar-refractivity contribution is 0.0690. The van der Waals surface area contributed by atoms with Gasteiger partial charge in [-0.3, -0.25) is 0 Å². The zero-order valence-corrected chi connectivity index (χ0v) is 12.3. The summed E-state index contributed by atoms with van der Waals surface area (Å²) < 4.78 is 0. The molecule has 2 rings (SSSR count). The van der Waals surface area contributed by atoms with Crippen molar-refractivity contribution >= 4 is 17.7 Å². The Labute approximate surface area is 121 Å². The van der Waals surface area contributed by atoms with Crippen LogP contribution in [0.5, 0.6) is 0 Å². The van der Waals surface area contributed by atoms with Crippen LogP contribution in [0.2, 0.25) is 0 Å². The minimum absolute atomic E-state index is 0.107. The van der Waals surface area contributed by atoms with E-state index in [0.717, 1.165) is 31.8 Å². The maximum Gasteiger partial charge on any atom is 0.346 e. The Hall–Kier alpha value is -1.34. The normalized spacial score (nSPS) is 15.7. The summed E-state index contributed by atoms with van der Waals surface area (Å²) in [5.41, 5.74) is -0.0233. The van der Waals surface area contributed by atoms with Gasteiger partial charge in [0.25, 0.3) is 0 Å². The van der Waals surface area contributed by atoms with Gasteiger partial charge in [0, 0.05) is 11.4 Å². The van der Waals surface area contributed by atoms with Gasteiger partial charge in [0.1, 0.15) is 10.6 Å². The van der Waals surface area contributed by atoms with Gasteiger partial charge in [-0.1, -0.05) is 0 Å². The number of carboxylic acids is 1. The summed E-state index contributed by atoms with van der Waals surface area (Å²) in [6.45, 7) is 4.93. The molecule has 6 nitrogen and oxygen atoms in total. The van der Waals surface area contributed by atoms with E-state index in [9.17, 15) is 14.7 Å². The summed E-state index contributed by atoms with van der Waals surface area (Å²) in [7, 11) is 0. The standard InChI is InChI=1S/C13H19N3O3S/c1-9-10(12(17)18)11(15-13(19)14-9)20-8-4-7-16-5-2-3-6-16/h2-8H2,1H3,(H,17,18)(H,14,15,19). The molecule has 7 heteroatoms. The van der Waals surface area contributed by atoms with Gasteiger partial charge in [0.05, 0.1) is 0 Å². The van der Waals surface area contributed by atoms with Crippen LogP contribution < -0.4 is 5.69 Å². The first-order valence-corrected chi connectivity index (χ1v) is 7.76. The Bertz CT molecular complexity index is 538. The molecule has 0 saturated carbocycles. The molecule has 0 aromatic carbocycles. The first-order chi connectivity index (χ1) is 9.58. The number of aromatic carboxylic acids is 1. The van der Waals surface area contributed by atoms with Gasteiger partial charge >= 0.3 is 11.7 Å². The molecule has 1 aliphatic rings. The smallest absolute Gasteiger partial charge is 0.346 e. The number of thioether (sulfide) groups is 1. The molecule has 0 amide bonds. The van der Waals surface area contributed by atoms with E-state index >= 15 is 0 Å². The van der Waals surface area contributed by atoms with Crippen molar-refractivity contribution in [1.29, 1.82) is 0 Å². The third-order valence-electron chi connectivity index (χ3n) is 3.36. The number of carboxylic acid groups (broad SMARTS) is 1. The zero-order chi connectivity index (χ0) is 14.5. The summed E-state index contributed by atoms with van der Waals surface area (Å²) in [5, 5.41) is 9.50. The van der Waals surface area contributed by atoms with Crippen LogP contribution in [0.4, 0.5) is 0 Å². The number of nitrogens with zero attached hydrogens (tertiary/aromatic N) is 2. The van der Waals surface area contributed by atoms with Crippen molar-refractivity contribution in [1.82, 2.24) is 14.9 Å². The van der Waals surface area contributed by atoms with E-state index in [-0.39, 0.29) is 5.56 Å². The number of hydrogen-bond donors (Lipinski definition) is 2. The highest BCUT2D eigenvalue weighted by Crippen LogP contribution is 2.21. The molecule has 2 heterocycles. The molecule has 1 aromatic heterocycles. The van der Waals surface area contributed by atoms with Crippen LogP contribution in [0, 0.1) is 6.92 Å². The van der Waals surface area contributed by atoms with E-state index < -0.39 is 11.7 Å². The van der Waals surface area contributed by atoms with Crippen LogP contribution >= 0.6 is 11.8 Å². The Balaban J connectivity index is 1.94. The van der Waals surface area contributed by atoms with Crippen LogP contribution in [0.1, 0.15) is 35.3 Å². The van der Waals surface area contributed by atoms with Gasteiger partial charge in [-0.25, -0.2) is 9.59 Å². The lowest BCUT2D eigenvalue weighted by Gasteiger charge is -2.13. The van der Waals surface area contributed by atoms with Gasteiger partial charge < -0.3 is 15.0 Å². The summed E-state index contributed by atoms with van der Waals surface area (Å²) in [6, 6.07) is 0. The maximum absolute atomic E-state index is 11.3. The first kappa shape index (κ1) is 15.1. The van der Waals surface area contributed by atoms with Crippen molar-refractivity contribution in [3.8, 4) is 0 Å². The van der Waals surface area contributed by atoms with E-state index in [2.05, 4.69) is 14.9 Å². The number of carbonyl (C=O) groups is 1. The molecule has 0 spiro atoms. The summed E-state index contributed by atoms with van der Waals surface area (Å²) in [6.07, 6.45) is 3.51. The number of nitrogens with one attached hydrogen (secondary N) is 1. The Kier molecular flexibility index (Phi) is 5.19. The van der Waals surface area contributed by atoms with Gasteiger partial charge in [-0.2, -0.15) is 4.98 Å². The van der Waals surface area contributed by atoms with E-state index in [4.69, 9.17) is 0 Å². The third kappa shape index (κ3) is 3.83. The zero-order valence-electron chi connectivity index (χ0n) is 11.5. The second kappa shape index (κ2) is 6.90. The van der Waals surface area contributed by atoms with Gasteiger partial charge in [0.2, 0.25) is 0 Å². The Morgan fingerprint density at radius 2 is 2.15 bits per heavy atom. The number of aromatic amines is 1. The van der Waals surface area contributed by atoms with Crippen molar-refractivity contribution in [3.05, 3.63) is 21.7 Å². The molecule has 0 bridgehead atoms. The largest absolute Gasteiger partial charge is 0.478 e. The molecule has 1 aliphatic heterocycles. The van der Waals surface area contributed by atoms with Crippen LogP contribution in [-0.4, -0.2) is 51.3 Å². The molecule has 0 unspecified atom stereocenters. The second-order valence-corrected chi connectivity index (χ2v) is 5.99. The van der Waals surface area contributed by atoms with Crippen LogP contribution in [-0.2, 0) is 0 Å². The molecule has 2 N–H and O–H groups in total. The van der Waals surface area contributed by atoms with E-state index in [1.54, 1.807) is 6.92 Å². The van der Waals surface area contributed by atoms with Crippen molar-refractivity contribution < 1.29 is 9.90 Å². The summed E-state index contributed by atoms with van der Waals surface area (Å²) in [5.74, 6) is -0.277. The fourth-order valence-electron chi connectivity index (χ4n) is 2.38. The maximum atomic E-state index is 11.3. The molecule has 0 atom stereocenters. The predicted octanol–water partition coefficient (Wildman–Crippen LogP) is 1.35.